The van der Waals surface area contributed by atoms with Gasteiger partial charge in [0.1, 0.15) is 16.4 Å². The maximum absolute atomic E-state index is 6.46. The van der Waals surface area contributed by atoms with Gasteiger partial charge in [0.05, 0.1) is 18.6 Å². The van der Waals surface area contributed by atoms with E-state index in [2.05, 4.69) is 17.0 Å². The van der Waals surface area contributed by atoms with Crippen LogP contribution in [0.3, 0.4) is 0 Å². The van der Waals surface area contributed by atoms with Crippen LogP contribution < -0.4 is 10.5 Å². The van der Waals surface area contributed by atoms with Gasteiger partial charge in [0.15, 0.2) is 0 Å². The van der Waals surface area contributed by atoms with Crippen LogP contribution in [0, 0.1) is 0 Å². The zero-order valence-corrected chi connectivity index (χ0v) is 17.1. The second-order valence-electron chi connectivity index (χ2n) is 7.29. The van der Waals surface area contributed by atoms with Gasteiger partial charge in [-0.3, -0.25) is 0 Å². The molecule has 2 aromatic rings. The Kier molecular flexibility index (Phi) is 5.80. The van der Waals surface area contributed by atoms with Crippen LogP contribution in [0.1, 0.15) is 24.3 Å². The second-order valence-corrected chi connectivity index (χ2v) is 8.32. The minimum absolute atomic E-state index is 0.537. The number of thiazole rings is 1. The van der Waals surface area contributed by atoms with Crippen LogP contribution in [-0.2, 0) is 10.3 Å². The molecule has 0 amide bonds. The van der Waals surface area contributed by atoms with Gasteiger partial charge in [-0.25, -0.2) is 4.98 Å². The largest absolute Gasteiger partial charge is 0.497 e. The first-order valence-corrected chi connectivity index (χ1v) is 10.6. The van der Waals surface area contributed by atoms with Crippen molar-refractivity contribution >= 4 is 11.3 Å². The Morgan fingerprint density at radius 3 is 2.89 bits per heavy atom. The molecule has 1 fully saturated rings. The highest BCUT2D eigenvalue weighted by Crippen LogP contribution is 2.40. The molecule has 0 saturated carbocycles. The van der Waals surface area contributed by atoms with Crippen molar-refractivity contribution in [3.8, 4) is 16.2 Å². The number of likely N-dealkylation sites (tertiary alicyclic amines) is 1. The van der Waals surface area contributed by atoms with Crippen molar-refractivity contribution in [3.05, 3.63) is 59.4 Å². The summed E-state index contributed by atoms with van der Waals surface area (Å²) in [7, 11) is 1.68. The number of allylic oxidation sites excluding steroid dienone is 1. The fourth-order valence-corrected chi connectivity index (χ4v) is 4.75. The van der Waals surface area contributed by atoms with Crippen LogP contribution in [0.15, 0.2) is 54.4 Å². The number of hydrogen-bond donors (Lipinski definition) is 1. The Hall–Kier alpha value is -2.15. The molecule has 0 radical (unpaired) electrons. The van der Waals surface area contributed by atoms with Crippen molar-refractivity contribution in [1.29, 1.82) is 0 Å². The highest BCUT2D eigenvalue weighted by Gasteiger charge is 2.35. The molecule has 2 N–H and O–H groups in total. The first kappa shape index (κ1) is 19.2. The van der Waals surface area contributed by atoms with E-state index in [4.69, 9.17) is 20.2 Å². The highest BCUT2D eigenvalue weighted by molar-refractivity contribution is 7.15. The maximum atomic E-state index is 6.46. The summed E-state index contributed by atoms with van der Waals surface area (Å²) < 4.78 is 11.8. The van der Waals surface area contributed by atoms with Crippen molar-refractivity contribution in [2.75, 3.05) is 33.4 Å². The predicted molar refractivity (Wildman–Crippen MR) is 113 cm³/mol. The van der Waals surface area contributed by atoms with Crippen molar-refractivity contribution in [3.63, 3.8) is 0 Å². The Bertz CT molecular complexity index is 870. The van der Waals surface area contributed by atoms with Crippen LogP contribution in [0.4, 0.5) is 0 Å². The summed E-state index contributed by atoms with van der Waals surface area (Å²) >= 11 is 1.67. The van der Waals surface area contributed by atoms with Crippen molar-refractivity contribution in [1.82, 2.24) is 9.88 Å². The molecule has 1 saturated heterocycles. The smallest absolute Gasteiger partial charge is 0.141 e. The van der Waals surface area contributed by atoms with Gasteiger partial charge in [0, 0.05) is 24.9 Å². The molecule has 1 aliphatic carbocycles. The number of benzene rings is 1. The summed E-state index contributed by atoms with van der Waals surface area (Å²) in [5.41, 5.74) is 7.32. The van der Waals surface area contributed by atoms with Gasteiger partial charge >= 0.3 is 0 Å². The summed E-state index contributed by atoms with van der Waals surface area (Å²) in [6.45, 7) is 4.00. The Balaban J connectivity index is 1.55. The molecule has 28 heavy (non-hydrogen) atoms. The summed E-state index contributed by atoms with van der Waals surface area (Å²) in [5, 5.41) is 0.965. The maximum Gasteiger partial charge on any atom is 0.141 e. The lowest BCUT2D eigenvalue weighted by Crippen LogP contribution is -2.33. The predicted octanol–water partition coefficient (Wildman–Crippen LogP) is 3.93. The normalized spacial score (nSPS) is 22.4. The quantitative estimate of drug-likeness (QED) is 0.767. The fraction of sp³-hybridized carbons (Fsp3) is 0.409. The van der Waals surface area contributed by atoms with Gasteiger partial charge in [-0.2, -0.15) is 0 Å². The number of aromatic nitrogens is 1. The van der Waals surface area contributed by atoms with Crippen molar-refractivity contribution in [2.45, 2.75) is 24.9 Å². The SMILES string of the molecule is COc1cccc(-c2cnc(C3(OCCN4CCCC4)C=CC(N)=CC3)s2)c1. The summed E-state index contributed by atoms with van der Waals surface area (Å²) in [5.74, 6) is 0.845. The van der Waals surface area contributed by atoms with Gasteiger partial charge < -0.3 is 20.1 Å². The number of hydrogen-bond acceptors (Lipinski definition) is 6. The number of ether oxygens (including phenoxy) is 2. The number of nitrogens with zero attached hydrogens (tertiary/aromatic N) is 2. The molecule has 4 rings (SSSR count). The van der Waals surface area contributed by atoms with Crippen LogP contribution in [0.2, 0.25) is 0 Å². The first-order valence-electron chi connectivity index (χ1n) is 9.80. The molecule has 1 aromatic carbocycles. The molecule has 2 heterocycles. The standard InChI is InChI=1S/C22H27N3O2S/c1-26-19-6-4-5-17(15-19)20-16-24-21(28-20)22(9-7-18(23)8-10-22)27-14-13-25-11-2-3-12-25/h4-9,15-16H,2-3,10-14,23H2,1H3. The average molecular weight is 398 g/mol. The summed E-state index contributed by atoms with van der Waals surface area (Å²) in [6.07, 6.45) is 11.3. The molecule has 1 aromatic heterocycles. The van der Waals surface area contributed by atoms with Gasteiger partial charge in [-0.15, -0.1) is 11.3 Å². The van der Waals surface area contributed by atoms with Gasteiger partial charge in [0.2, 0.25) is 0 Å². The highest BCUT2D eigenvalue weighted by atomic mass is 32.1. The average Bonchev–Trinajstić information content (AvgIpc) is 3.42. The third kappa shape index (κ3) is 4.14. The number of methoxy groups -OCH3 is 1. The lowest BCUT2D eigenvalue weighted by atomic mass is 9.94. The van der Waals surface area contributed by atoms with Crippen LogP contribution >= 0.6 is 11.3 Å². The van der Waals surface area contributed by atoms with Crippen molar-refractivity contribution in [2.24, 2.45) is 5.73 Å². The molecule has 1 atom stereocenters. The van der Waals surface area contributed by atoms with E-state index in [0.717, 1.165) is 33.4 Å². The molecular formula is C22H27N3O2S. The van der Waals surface area contributed by atoms with Gasteiger partial charge in [-0.05, 0) is 55.8 Å². The van der Waals surface area contributed by atoms with E-state index in [1.165, 1.54) is 25.9 Å². The zero-order chi connectivity index (χ0) is 19.4. The molecule has 1 unspecified atom stereocenters. The molecule has 2 aliphatic rings. The molecule has 0 bridgehead atoms. The van der Waals surface area contributed by atoms with Crippen LogP contribution in [0.5, 0.6) is 5.75 Å². The molecular weight excluding hydrogens is 370 g/mol. The van der Waals surface area contributed by atoms with E-state index in [0.29, 0.717) is 13.0 Å². The molecule has 0 spiro atoms. The van der Waals surface area contributed by atoms with Gasteiger partial charge in [0.25, 0.3) is 0 Å². The Labute approximate surface area is 170 Å². The molecule has 6 heteroatoms. The van der Waals surface area contributed by atoms with Crippen LogP contribution in [0.25, 0.3) is 10.4 Å². The number of nitrogens with two attached hydrogens (primary N) is 1. The topological polar surface area (TPSA) is 60.6 Å². The summed E-state index contributed by atoms with van der Waals surface area (Å²) in [4.78, 5) is 8.31. The van der Waals surface area contributed by atoms with E-state index in [1.54, 1.807) is 18.4 Å². The summed E-state index contributed by atoms with van der Waals surface area (Å²) in [6, 6.07) is 8.06. The Morgan fingerprint density at radius 2 is 2.14 bits per heavy atom. The fourth-order valence-electron chi connectivity index (χ4n) is 3.71. The van der Waals surface area contributed by atoms with E-state index < -0.39 is 5.60 Å². The number of rotatable bonds is 7. The third-order valence-corrected chi connectivity index (χ3v) is 6.58. The molecule has 5 nitrogen and oxygen atoms in total. The molecule has 148 valence electrons. The Morgan fingerprint density at radius 1 is 1.29 bits per heavy atom. The van der Waals surface area contributed by atoms with Crippen molar-refractivity contribution < 1.29 is 9.47 Å². The van der Waals surface area contributed by atoms with E-state index in [9.17, 15) is 0 Å². The molecule has 1 aliphatic heterocycles. The van der Waals surface area contributed by atoms with E-state index in [-0.39, 0.29) is 0 Å². The van der Waals surface area contributed by atoms with Gasteiger partial charge in [-0.1, -0.05) is 18.2 Å². The van der Waals surface area contributed by atoms with E-state index in [1.807, 2.05) is 36.5 Å². The zero-order valence-electron chi connectivity index (χ0n) is 16.3. The minimum Gasteiger partial charge on any atom is -0.497 e. The van der Waals surface area contributed by atoms with Crippen LogP contribution in [-0.4, -0.2) is 43.2 Å². The lowest BCUT2D eigenvalue weighted by molar-refractivity contribution is -0.0193. The monoisotopic (exact) mass is 397 g/mol. The minimum atomic E-state index is -0.537. The van der Waals surface area contributed by atoms with E-state index >= 15 is 0 Å². The third-order valence-electron chi connectivity index (χ3n) is 5.37. The lowest BCUT2D eigenvalue weighted by Gasteiger charge is -2.31. The first-order chi connectivity index (χ1) is 13.7. The second kappa shape index (κ2) is 8.47.